The summed E-state index contributed by atoms with van der Waals surface area (Å²) >= 11 is 1.48. The number of nitrogens with zero attached hydrogens (tertiary/aromatic N) is 3. The van der Waals surface area contributed by atoms with Gasteiger partial charge in [-0.1, -0.05) is 6.07 Å². The zero-order valence-electron chi connectivity index (χ0n) is 14.3. The van der Waals surface area contributed by atoms with Gasteiger partial charge in [0.05, 0.1) is 16.4 Å². The second-order valence-electron chi connectivity index (χ2n) is 6.33. The van der Waals surface area contributed by atoms with E-state index in [0.717, 1.165) is 22.0 Å². The van der Waals surface area contributed by atoms with Crippen molar-refractivity contribution in [1.82, 2.24) is 14.5 Å². The molecule has 1 saturated heterocycles. The molecule has 1 atom stereocenters. The highest BCUT2D eigenvalue weighted by molar-refractivity contribution is 7.89. The van der Waals surface area contributed by atoms with E-state index in [2.05, 4.69) is 10.2 Å². The van der Waals surface area contributed by atoms with Crippen LogP contribution < -0.4 is 0 Å². The van der Waals surface area contributed by atoms with Gasteiger partial charge in [0.25, 0.3) is 0 Å². The summed E-state index contributed by atoms with van der Waals surface area (Å²) in [6, 6.07) is 5.59. The Morgan fingerprint density at radius 3 is 2.75 bits per heavy atom. The highest BCUT2D eigenvalue weighted by atomic mass is 32.2. The van der Waals surface area contributed by atoms with Gasteiger partial charge in [0, 0.05) is 24.0 Å². The minimum Gasteiger partial charge on any atom is -0.420 e. The Morgan fingerprint density at radius 2 is 2.04 bits per heavy atom. The molecular weight excluding hydrogens is 415 g/mol. The molecule has 3 aromatic rings. The van der Waals surface area contributed by atoms with Crippen molar-refractivity contribution >= 4 is 21.4 Å². The topological polar surface area (TPSA) is 76.3 Å². The van der Waals surface area contributed by atoms with Gasteiger partial charge in [-0.25, -0.2) is 8.42 Å². The van der Waals surface area contributed by atoms with Gasteiger partial charge in [-0.2, -0.15) is 28.8 Å². The Kier molecular flexibility index (Phi) is 4.76. The molecule has 0 N–H and O–H groups in total. The first-order valence-electron chi connectivity index (χ1n) is 8.28. The van der Waals surface area contributed by atoms with E-state index in [4.69, 9.17) is 4.42 Å². The van der Waals surface area contributed by atoms with Gasteiger partial charge < -0.3 is 4.42 Å². The number of alkyl halides is 3. The van der Waals surface area contributed by atoms with E-state index in [9.17, 15) is 21.6 Å². The first kappa shape index (κ1) is 19.1. The molecule has 3 heterocycles. The zero-order valence-corrected chi connectivity index (χ0v) is 15.9. The van der Waals surface area contributed by atoms with Crippen LogP contribution in [0.5, 0.6) is 0 Å². The van der Waals surface area contributed by atoms with Gasteiger partial charge in [0.2, 0.25) is 21.8 Å². The van der Waals surface area contributed by atoms with Crippen molar-refractivity contribution in [3.63, 3.8) is 0 Å². The summed E-state index contributed by atoms with van der Waals surface area (Å²) in [5.74, 6) is 0.374. The van der Waals surface area contributed by atoms with Crippen LogP contribution in [0.1, 0.15) is 23.8 Å². The molecular formula is C17H14F3N3O3S2. The number of rotatable bonds is 4. The monoisotopic (exact) mass is 429 g/mol. The second kappa shape index (κ2) is 6.98. The molecule has 0 saturated carbocycles. The Bertz CT molecular complexity index is 1080. The van der Waals surface area contributed by atoms with Crippen molar-refractivity contribution < 1.29 is 26.0 Å². The third-order valence-electron chi connectivity index (χ3n) is 4.51. The van der Waals surface area contributed by atoms with E-state index >= 15 is 0 Å². The maximum atomic E-state index is 12.9. The lowest BCUT2D eigenvalue weighted by molar-refractivity contribution is -0.137. The standard InChI is InChI=1S/C17H14F3N3O3S2/c18-17(19,20)13-2-1-3-14(8-13)28(24,25)23-6-4-11(9-23)15-21-22-16(26-15)12-5-7-27-10-12/h1-3,5,7-8,10-11H,4,6,9H2/t11-/m1/s1. The third kappa shape index (κ3) is 3.56. The Hall–Kier alpha value is -2.24. The predicted octanol–water partition coefficient (Wildman–Crippen LogP) is 4.00. The highest BCUT2D eigenvalue weighted by Crippen LogP contribution is 2.34. The summed E-state index contributed by atoms with van der Waals surface area (Å²) in [6.45, 7) is 0.239. The van der Waals surface area contributed by atoms with Crippen molar-refractivity contribution in [2.45, 2.75) is 23.4 Å². The summed E-state index contributed by atoms with van der Waals surface area (Å²) in [4.78, 5) is -0.382. The van der Waals surface area contributed by atoms with Crippen molar-refractivity contribution in [2.75, 3.05) is 13.1 Å². The second-order valence-corrected chi connectivity index (χ2v) is 9.05. The van der Waals surface area contributed by atoms with Crippen LogP contribution in [0.15, 0.2) is 50.4 Å². The molecule has 0 spiro atoms. The zero-order chi connectivity index (χ0) is 19.9. The molecule has 4 rings (SSSR count). The van der Waals surface area contributed by atoms with Gasteiger partial charge >= 0.3 is 6.18 Å². The van der Waals surface area contributed by atoms with Gasteiger partial charge in [0.15, 0.2) is 0 Å². The summed E-state index contributed by atoms with van der Waals surface area (Å²) in [6.07, 6.45) is -4.16. The molecule has 0 amide bonds. The number of benzene rings is 1. The number of halogens is 3. The number of sulfonamides is 1. The molecule has 28 heavy (non-hydrogen) atoms. The maximum Gasteiger partial charge on any atom is 0.416 e. The van der Waals surface area contributed by atoms with Crippen LogP contribution in [0.3, 0.4) is 0 Å². The highest BCUT2D eigenvalue weighted by Gasteiger charge is 2.37. The molecule has 0 radical (unpaired) electrons. The Labute approximate surface area is 162 Å². The molecule has 0 unspecified atom stereocenters. The molecule has 1 aliphatic rings. The normalized spacial score (nSPS) is 18.6. The molecule has 6 nitrogen and oxygen atoms in total. The van der Waals surface area contributed by atoms with E-state index < -0.39 is 21.8 Å². The number of aromatic nitrogens is 2. The lowest BCUT2D eigenvalue weighted by Gasteiger charge is -2.17. The Balaban J connectivity index is 1.54. The number of hydrogen-bond donors (Lipinski definition) is 0. The number of hydrogen-bond acceptors (Lipinski definition) is 6. The number of thiophene rings is 1. The lowest BCUT2D eigenvalue weighted by Crippen LogP contribution is -2.29. The Morgan fingerprint density at radius 1 is 1.21 bits per heavy atom. The largest absolute Gasteiger partial charge is 0.420 e. The van der Waals surface area contributed by atoms with Gasteiger partial charge in [0.1, 0.15) is 0 Å². The smallest absolute Gasteiger partial charge is 0.416 e. The van der Waals surface area contributed by atoms with E-state index in [1.54, 1.807) is 0 Å². The van der Waals surface area contributed by atoms with Crippen LogP contribution >= 0.6 is 11.3 Å². The lowest BCUT2D eigenvalue weighted by atomic mass is 10.1. The third-order valence-corrected chi connectivity index (χ3v) is 7.05. The summed E-state index contributed by atoms with van der Waals surface area (Å²) in [5, 5.41) is 11.7. The molecule has 1 fully saturated rings. The van der Waals surface area contributed by atoms with Crippen LogP contribution in [-0.2, 0) is 16.2 Å². The van der Waals surface area contributed by atoms with Crippen molar-refractivity contribution in [1.29, 1.82) is 0 Å². The molecule has 0 aliphatic carbocycles. The van der Waals surface area contributed by atoms with Crippen LogP contribution in [0.2, 0.25) is 0 Å². The van der Waals surface area contributed by atoms with Gasteiger partial charge in [-0.3, -0.25) is 0 Å². The predicted molar refractivity (Wildman–Crippen MR) is 95.2 cm³/mol. The van der Waals surface area contributed by atoms with E-state index in [1.807, 2.05) is 16.8 Å². The average Bonchev–Trinajstić information content (AvgIpc) is 3.40. The average molecular weight is 429 g/mol. The van der Waals surface area contributed by atoms with E-state index in [1.165, 1.54) is 17.4 Å². The maximum absolute atomic E-state index is 12.9. The molecule has 11 heteroatoms. The van der Waals surface area contributed by atoms with Crippen molar-refractivity contribution in [3.8, 4) is 11.5 Å². The molecule has 0 bridgehead atoms. The molecule has 2 aromatic heterocycles. The van der Waals surface area contributed by atoms with Crippen LogP contribution in [0.4, 0.5) is 13.2 Å². The first-order chi connectivity index (χ1) is 13.2. The molecule has 1 aliphatic heterocycles. The van der Waals surface area contributed by atoms with Crippen LogP contribution in [0, 0.1) is 0 Å². The van der Waals surface area contributed by atoms with E-state index in [-0.39, 0.29) is 23.9 Å². The fourth-order valence-electron chi connectivity index (χ4n) is 3.03. The SMILES string of the molecule is O=S(=O)(c1cccc(C(F)(F)F)c1)N1CC[C@@H](c2nnc(-c3ccsc3)o2)C1. The van der Waals surface area contributed by atoms with Gasteiger partial charge in [-0.05, 0) is 36.1 Å². The minimum atomic E-state index is -4.61. The van der Waals surface area contributed by atoms with Gasteiger partial charge in [-0.15, -0.1) is 10.2 Å². The first-order valence-corrected chi connectivity index (χ1v) is 10.7. The van der Waals surface area contributed by atoms with Crippen molar-refractivity contribution in [3.05, 3.63) is 52.5 Å². The summed E-state index contributed by atoms with van der Waals surface area (Å²) < 4.78 is 71.1. The summed E-state index contributed by atoms with van der Waals surface area (Å²) in [5.41, 5.74) is -0.211. The summed E-state index contributed by atoms with van der Waals surface area (Å²) in [7, 11) is -4.05. The minimum absolute atomic E-state index is 0.0733. The van der Waals surface area contributed by atoms with E-state index in [0.29, 0.717) is 24.3 Å². The van der Waals surface area contributed by atoms with Crippen molar-refractivity contribution in [2.24, 2.45) is 0 Å². The molecule has 1 aromatic carbocycles. The van der Waals surface area contributed by atoms with Crippen LogP contribution in [-0.4, -0.2) is 36.0 Å². The molecule has 148 valence electrons. The fourth-order valence-corrected chi connectivity index (χ4v) is 5.21. The quantitative estimate of drug-likeness (QED) is 0.627. The fraction of sp³-hybridized carbons (Fsp3) is 0.294. The van der Waals surface area contributed by atoms with Crippen LogP contribution in [0.25, 0.3) is 11.5 Å².